The van der Waals surface area contributed by atoms with Gasteiger partial charge in [0.15, 0.2) is 0 Å². The molecule has 2 aromatic rings. The Bertz CT molecular complexity index is 632. The Kier molecular flexibility index (Phi) is 3.38. The predicted molar refractivity (Wildman–Crippen MR) is 68.7 cm³/mol. The van der Waals surface area contributed by atoms with Crippen LogP contribution in [0.15, 0.2) is 22.7 Å². The minimum atomic E-state index is -0.609. The van der Waals surface area contributed by atoms with E-state index in [0.717, 1.165) is 4.47 Å². The van der Waals surface area contributed by atoms with Crippen molar-refractivity contribution in [1.29, 1.82) is 0 Å². The molecule has 6 heteroatoms. The monoisotopic (exact) mass is 311 g/mol. The summed E-state index contributed by atoms with van der Waals surface area (Å²) in [7, 11) is 2.52. The molecule has 0 aliphatic carbocycles. The number of methoxy groups -OCH3 is 2. The third-order valence-electron chi connectivity index (χ3n) is 2.54. The Labute approximate surface area is 111 Å². The normalized spacial score (nSPS) is 10.4. The van der Waals surface area contributed by atoms with Crippen LogP contribution in [0.4, 0.5) is 0 Å². The van der Waals surface area contributed by atoms with Gasteiger partial charge in [-0.3, -0.25) is 0 Å². The molecule has 0 aliphatic heterocycles. The maximum absolute atomic E-state index is 11.8. The Morgan fingerprint density at radius 2 is 1.83 bits per heavy atom. The third kappa shape index (κ3) is 1.99. The van der Waals surface area contributed by atoms with Crippen LogP contribution in [0.5, 0.6) is 0 Å². The number of H-pyrrole nitrogens is 1. The zero-order valence-corrected chi connectivity index (χ0v) is 11.3. The molecule has 0 fully saturated rings. The lowest BCUT2D eigenvalue weighted by Gasteiger charge is -2.00. The zero-order chi connectivity index (χ0) is 13.3. The van der Waals surface area contributed by atoms with Crippen LogP contribution < -0.4 is 0 Å². The van der Waals surface area contributed by atoms with Crippen LogP contribution in [-0.4, -0.2) is 31.1 Å². The third-order valence-corrected chi connectivity index (χ3v) is 3.03. The van der Waals surface area contributed by atoms with Crippen molar-refractivity contribution in [3.8, 4) is 0 Å². The molecule has 18 heavy (non-hydrogen) atoms. The van der Waals surface area contributed by atoms with E-state index >= 15 is 0 Å². The molecule has 0 amide bonds. The van der Waals surface area contributed by atoms with Crippen molar-refractivity contribution >= 4 is 38.8 Å². The summed E-state index contributed by atoms with van der Waals surface area (Å²) in [6.45, 7) is 0. The fourth-order valence-corrected chi connectivity index (χ4v) is 2.10. The number of carbonyl (C=O) groups excluding carboxylic acids is 2. The standard InChI is InChI=1S/C12H10BrNO4/c1-17-11(15)9-7-4-3-6(13)5-8(7)14-10(9)12(16)18-2/h3-5,14H,1-2H3. The zero-order valence-electron chi connectivity index (χ0n) is 9.74. The number of aromatic nitrogens is 1. The summed E-state index contributed by atoms with van der Waals surface area (Å²) in [5.74, 6) is -1.19. The van der Waals surface area contributed by atoms with Gasteiger partial charge in [0.05, 0.1) is 19.8 Å². The van der Waals surface area contributed by atoms with Crippen molar-refractivity contribution in [2.24, 2.45) is 0 Å². The maximum atomic E-state index is 11.8. The summed E-state index contributed by atoms with van der Waals surface area (Å²) in [5, 5.41) is 0.616. The van der Waals surface area contributed by atoms with Crippen molar-refractivity contribution in [2.45, 2.75) is 0 Å². The minimum Gasteiger partial charge on any atom is -0.465 e. The maximum Gasteiger partial charge on any atom is 0.355 e. The van der Waals surface area contributed by atoms with Crippen molar-refractivity contribution < 1.29 is 19.1 Å². The number of halogens is 1. The Morgan fingerprint density at radius 1 is 1.17 bits per heavy atom. The van der Waals surface area contributed by atoms with E-state index in [-0.39, 0.29) is 11.3 Å². The van der Waals surface area contributed by atoms with Crippen molar-refractivity contribution in [3.63, 3.8) is 0 Å². The van der Waals surface area contributed by atoms with Crippen LogP contribution in [0.3, 0.4) is 0 Å². The molecule has 0 saturated carbocycles. The van der Waals surface area contributed by atoms with Gasteiger partial charge in [0.2, 0.25) is 0 Å². The molecule has 1 aromatic carbocycles. The lowest BCUT2D eigenvalue weighted by molar-refractivity contribution is 0.0553. The number of ether oxygens (including phenoxy) is 2. The second kappa shape index (κ2) is 4.81. The van der Waals surface area contributed by atoms with E-state index in [1.807, 2.05) is 0 Å². The van der Waals surface area contributed by atoms with Gasteiger partial charge in [-0.15, -0.1) is 0 Å². The SMILES string of the molecule is COC(=O)c1[nH]c2cc(Br)ccc2c1C(=O)OC. The first-order chi connectivity index (χ1) is 8.58. The van der Waals surface area contributed by atoms with E-state index < -0.39 is 11.9 Å². The van der Waals surface area contributed by atoms with Crippen LogP contribution in [0, 0.1) is 0 Å². The first kappa shape index (κ1) is 12.6. The quantitative estimate of drug-likeness (QED) is 0.865. The highest BCUT2D eigenvalue weighted by Crippen LogP contribution is 2.26. The summed E-state index contributed by atoms with van der Waals surface area (Å²) in [6.07, 6.45) is 0. The van der Waals surface area contributed by atoms with Gasteiger partial charge in [-0.25, -0.2) is 9.59 Å². The summed E-state index contributed by atoms with van der Waals surface area (Å²) >= 11 is 3.32. The molecule has 1 aromatic heterocycles. The largest absolute Gasteiger partial charge is 0.465 e. The van der Waals surface area contributed by atoms with Crippen molar-refractivity contribution in [3.05, 3.63) is 33.9 Å². The van der Waals surface area contributed by atoms with E-state index in [9.17, 15) is 9.59 Å². The average molecular weight is 312 g/mol. The van der Waals surface area contributed by atoms with Crippen LogP contribution >= 0.6 is 15.9 Å². The van der Waals surface area contributed by atoms with Crippen molar-refractivity contribution in [2.75, 3.05) is 14.2 Å². The number of hydrogen-bond acceptors (Lipinski definition) is 4. The molecule has 2 rings (SSSR count). The number of benzene rings is 1. The Morgan fingerprint density at radius 3 is 2.44 bits per heavy atom. The Hall–Kier alpha value is -1.82. The molecular formula is C12H10BrNO4. The van der Waals surface area contributed by atoms with Gasteiger partial charge in [0, 0.05) is 15.4 Å². The summed E-state index contributed by atoms with van der Waals surface area (Å²) in [4.78, 5) is 26.3. The molecule has 0 radical (unpaired) electrons. The van der Waals surface area contributed by atoms with E-state index in [2.05, 4.69) is 30.4 Å². The van der Waals surface area contributed by atoms with Gasteiger partial charge >= 0.3 is 11.9 Å². The number of rotatable bonds is 2. The molecule has 1 N–H and O–H groups in total. The van der Waals surface area contributed by atoms with Crippen LogP contribution in [0.1, 0.15) is 20.8 Å². The first-order valence-corrected chi connectivity index (χ1v) is 5.85. The molecule has 94 valence electrons. The molecule has 0 aliphatic rings. The first-order valence-electron chi connectivity index (χ1n) is 5.06. The lowest BCUT2D eigenvalue weighted by Crippen LogP contribution is -2.10. The Balaban J connectivity index is 2.76. The molecule has 0 bridgehead atoms. The van der Waals surface area contributed by atoms with Crippen LogP contribution in [-0.2, 0) is 9.47 Å². The smallest absolute Gasteiger partial charge is 0.355 e. The van der Waals surface area contributed by atoms with E-state index in [0.29, 0.717) is 10.9 Å². The van der Waals surface area contributed by atoms with E-state index in [4.69, 9.17) is 0 Å². The number of carbonyl (C=O) groups is 2. The second-order valence-electron chi connectivity index (χ2n) is 3.55. The van der Waals surface area contributed by atoms with Crippen LogP contribution in [0.25, 0.3) is 10.9 Å². The second-order valence-corrected chi connectivity index (χ2v) is 4.46. The predicted octanol–water partition coefficient (Wildman–Crippen LogP) is 2.50. The van der Waals surface area contributed by atoms with Gasteiger partial charge in [-0.1, -0.05) is 22.0 Å². The van der Waals surface area contributed by atoms with Gasteiger partial charge in [-0.2, -0.15) is 0 Å². The lowest BCUT2D eigenvalue weighted by atomic mass is 10.1. The minimum absolute atomic E-state index is 0.0949. The molecule has 0 unspecified atom stereocenters. The molecular weight excluding hydrogens is 302 g/mol. The topological polar surface area (TPSA) is 68.4 Å². The molecule has 0 saturated heterocycles. The number of fused-ring (bicyclic) bond motifs is 1. The molecule has 0 spiro atoms. The number of nitrogens with one attached hydrogen (secondary N) is 1. The van der Waals surface area contributed by atoms with E-state index in [1.54, 1.807) is 18.2 Å². The van der Waals surface area contributed by atoms with Crippen molar-refractivity contribution in [1.82, 2.24) is 4.98 Å². The molecule has 5 nitrogen and oxygen atoms in total. The van der Waals surface area contributed by atoms with E-state index in [1.165, 1.54) is 14.2 Å². The fourth-order valence-electron chi connectivity index (χ4n) is 1.74. The summed E-state index contributed by atoms with van der Waals surface area (Å²) in [5.41, 5.74) is 0.939. The molecule has 1 heterocycles. The number of hydrogen-bond donors (Lipinski definition) is 1. The number of esters is 2. The summed E-state index contributed by atoms with van der Waals surface area (Å²) in [6, 6.07) is 5.28. The van der Waals surface area contributed by atoms with Gasteiger partial charge in [-0.05, 0) is 12.1 Å². The van der Waals surface area contributed by atoms with Gasteiger partial charge < -0.3 is 14.5 Å². The fraction of sp³-hybridized carbons (Fsp3) is 0.167. The van der Waals surface area contributed by atoms with Gasteiger partial charge in [0.25, 0.3) is 0 Å². The van der Waals surface area contributed by atoms with Gasteiger partial charge in [0.1, 0.15) is 5.69 Å². The number of aromatic amines is 1. The highest BCUT2D eigenvalue weighted by Gasteiger charge is 2.24. The average Bonchev–Trinajstić information content (AvgIpc) is 2.75. The molecule has 0 atom stereocenters. The van der Waals surface area contributed by atoms with Crippen LogP contribution in [0.2, 0.25) is 0 Å². The highest BCUT2D eigenvalue weighted by atomic mass is 79.9. The summed E-state index contributed by atoms with van der Waals surface area (Å²) < 4.78 is 10.2. The highest BCUT2D eigenvalue weighted by molar-refractivity contribution is 9.10.